The minimum Gasteiger partial charge on any atom is -0.456 e. The molecule has 0 aliphatic carbocycles. The summed E-state index contributed by atoms with van der Waals surface area (Å²) in [5.41, 5.74) is 15.9. The quantitative estimate of drug-likeness (QED) is 0.161. The Morgan fingerprint density at radius 3 is 1.52 bits per heavy atom. The fraction of sp³-hybridized carbons (Fsp3) is 0. The Kier molecular flexibility index (Phi) is 8.17. The number of furan rings is 2. The number of hydrogen-bond acceptors (Lipinski definition) is 3. The number of fused-ring (bicyclic) bond motifs is 7. The van der Waals surface area contributed by atoms with Crippen molar-refractivity contribution in [3.05, 3.63) is 224 Å². The highest BCUT2D eigenvalue weighted by Crippen LogP contribution is 2.46. The van der Waals surface area contributed by atoms with E-state index in [9.17, 15) is 0 Å². The first kappa shape index (κ1) is 34.9. The Hall–Kier alpha value is -8.14. The van der Waals surface area contributed by atoms with Crippen molar-refractivity contribution < 1.29 is 8.83 Å². The molecule has 0 unspecified atom stereocenters. The minimum absolute atomic E-state index is 0.890. The molecule has 3 nitrogen and oxygen atoms in total. The van der Waals surface area contributed by atoms with E-state index in [0.29, 0.717) is 0 Å². The molecule has 12 aromatic rings. The standard InChI is InChI=1S/C58H37NO2/c1-2-14-38(15-3-1)44-21-10-16-41-17-11-24-49(56(41)44)47-18-4-7-26-52(47)59(42-34-30-39(31-35-42)45-22-13-29-55-57(45)51-20-6-9-28-54(51)60-55)43-36-32-40(33-37-43)46-23-12-25-50-48-19-5-8-27-53(48)61-58(46)50/h1-37H. The third-order valence-corrected chi connectivity index (χ3v) is 12.1. The van der Waals surface area contributed by atoms with Crippen LogP contribution in [0.15, 0.2) is 233 Å². The molecule has 0 fully saturated rings. The first-order valence-electron chi connectivity index (χ1n) is 20.7. The maximum Gasteiger partial charge on any atom is 0.143 e. The summed E-state index contributed by atoms with van der Waals surface area (Å²) in [7, 11) is 0. The zero-order valence-electron chi connectivity index (χ0n) is 33.1. The normalized spacial score (nSPS) is 11.6. The second kappa shape index (κ2) is 14.3. The summed E-state index contributed by atoms with van der Waals surface area (Å²) in [5.74, 6) is 0. The minimum atomic E-state index is 0.890. The SMILES string of the molecule is c1ccc(-c2cccc3cccc(-c4ccccc4N(c4ccc(-c5cccc6c5oc5ccccc56)cc4)c4ccc(-c5cccc6oc7ccccc7c56)cc4)c23)cc1. The van der Waals surface area contributed by atoms with Crippen LogP contribution in [0.5, 0.6) is 0 Å². The van der Waals surface area contributed by atoms with Gasteiger partial charge >= 0.3 is 0 Å². The van der Waals surface area contributed by atoms with Crippen LogP contribution in [0.25, 0.3) is 99.2 Å². The van der Waals surface area contributed by atoms with Crippen molar-refractivity contribution in [2.24, 2.45) is 0 Å². The van der Waals surface area contributed by atoms with Gasteiger partial charge in [0.05, 0.1) is 5.69 Å². The summed E-state index contributed by atoms with van der Waals surface area (Å²) in [6.07, 6.45) is 0. The summed E-state index contributed by atoms with van der Waals surface area (Å²) < 4.78 is 12.8. The van der Waals surface area contributed by atoms with Crippen molar-refractivity contribution >= 4 is 71.7 Å². The van der Waals surface area contributed by atoms with E-state index in [-0.39, 0.29) is 0 Å². The Bertz CT molecular complexity index is 3570. The number of rotatable bonds is 7. The van der Waals surface area contributed by atoms with E-state index in [2.05, 4.69) is 205 Å². The molecule has 0 radical (unpaired) electrons. The predicted octanol–water partition coefficient (Wildman–Crippen LogP) is 16.8. The van der Waals surface area contributed by atoms with Crippen LogP contribution >= 0.6 is 0 Å². The summed E-state index contributed by atoms with van der Waals surface area (Å²) in [5, 5.41) is 6.94. The summed E-state index contributed by atoms with van der Waals surface area (Å²) in [6.45, 7) is 0. The second-order valence-electron chi connectivity index (χ2n) is 15.6. The van der Waals surface area contributed by atoms with Gasteiger partial charge in [0.25, 0.3) is 0 Å². The lowest BCUT2D eigenvalue weighted by Gasteiger charge is -2.29. The van der Waals surface area contributed by atoms with Gasteiger partial charge in [0.2, 0.25) is 0 Å². The molecule has 2 heterocycles. The molecule has 3 heteroatoms. The lowest BCUT2D eigenvalue weighted by molar-refractivity contribution is 0.669. The molecule has 12 rings (SSSR count). The van der Waals surface area contributed by atoms with Crippen molar-refractivity contribution in [2.45, 2.75) is 0 Å². The molecule has 0 saturated heterocycles. The first-order valence-corrected chi connectivity index (χ1v) is 20.7. The van der Waals surface area contributed by atoms with E-state index < -0.39 is 0 Å². The first-order chi connectivity index (χ1) is 30.3. The van der Waals surface area contributed by atoms with E-state index in [4.69, 9.17) is 8.83 Å². The van der Waals surface area contributed by atoms with Gasteiger partial charge in [-0.2, -0.15) is 0 Å². The molecule has 0 atom stereocenters. The van der Waals surface area contributed by atoms with Crippen LogP contribution in [0, 0.1) is 0 Å². The number of hydrogen-bond donors (Lipinski definition) is 0. The summed E-state index contributed by atoms with van der Waals surface area (Å²) in [4.78, 5) is 2.39. The summed E-state index contributed by atoms with van der Waals surface area (Å²) in [6, 6.07) is 80.0. The monoisotopic (exact) mass is 779 g/mol. The Morgan fingerprint density at radius 2 is 0.770 bits per heavy atom. The maximum absolute atomic E-state index is 6.47. The molecule has 2 aromatic heterocycles. The van der Waals surface area contributed by atoms with Crippen molar-refractivity contribution in [1.29, 1.82) is 0 Å². The third kappa shape index (κ3) is 5.82. The van der Waals surface area contributed by atoms with Crippen LogP contribution in [0.1, 0.15) is 0 Å². The van der Waals surface area contributed by atoms with Crippen LogP contribution in [0.4, 0.5) is 17.1 Å². The van der Waals surface area contributed by atoms with Crippen LogP contribution in [0.2, 0.25) is 0 Å². The van der Waals surface area contributed by atoms with E-state index in [1.165, 1.54) is 27.5 Å². The molecule has 286 valence electrons. The lowest BCUT2D eigenvalue weighted by atomic mass is 9.90. The largest absolute Gasteiger partial charge is 0.456 e. The molecule has 0 spiro atoms. The van der Waals surface area contributed by atoms with Gasteiger partial charge in [-0.05, 0) is 92.7 Å². The zero-order chi connectivity index (χ0) is 40.3. The van der Waals surface area contributed by atoms with Gasteiger partial charge in [-0.3, -0.25) is 0 Å². The van der Waals surface area contributed by atoms with Crippen LogP contribution in [-0.4, -0.2) is 0 Å². The predicted molar refractivity (Wildman–Crippen MR) is 255 cm³/mol. The van der Waals surface area contributed by atoms with Crippen molar-refractivity contribution in [3.8, 4) is 44.5 Å². The van der Waals surface area contributed by atoms with Gasteiger partial charge in [0.15, 0.2) is 0 Å². The smallest absolute Gasteiger partial charge is 0.143 e. The van der Waals surface area contributed by atoms with Gasteiger partial charge in [0.1, 0.15) is 22.3 Å². The average molecular weight is 780 g/mol. The Balaban J connectivity index is 1.03. The number of nitrogens with zero attached hydrogens (tertiary/aromatic N) is 1. The van der Waals surface area contributed by atoms with E-state index in [0.717, 1.165) is 88.8 Å². The van der Waals surface area contributed by atoms with E-state index >= 15 is 0 Å². The zero-order valence-corrected chi connectivity index (χ0v) is 33.1. The molecule has 0 N–H and O–H groups in total. The van der Waals surface area contributed by atoms with Gasteiger partial charge < -0.3 is 13.7 Å². The van der Waals surface area contributed by atoms with Crippen LogP contribution < -0.4 is 4.90 Å². The van der Waals surface area contributed by atoms with Crippen molar-refractivity contribution in [1.82, 2.24) is 0 Å². The fourth-order valence-electron chi connectivity index (χ4n) is 9.32. The lowest BCUT2D eigenvalue weighted by Crippen LogP contribution is -2.11. The molecule has 0 aliphatic rings. The van der Waals surface area contributed by atoms with Gasteiger partial charge in [0, 0.05) is 44.0 Å². The maximum atomic E-state index is 6.47. The molecule has 0 amide bonds. The van der Waals surface area contributed by atoms with Crippen LogP contribution in [-0.2, 0) is 0 Å². The van der Waals surface area contributed by atoms with E-state index in [1.54, 1.807) is 0 Å². The van der Waals surface area contributed by atoms with Crippen LogP contribution in [0.3, 0.4) is 0 Å². The number of para-hydroxylation sites is 4. The summed E-state index contributed by atoms with van der Waals surface area (Å²) >= 11 is 0. The molecule has 0 bridgehead atoms. The number of benzene rings is 10. The fourth-order valence-corrected chi connectivity index (χ4v) is 9.32. The molecule has 61 heavy (non-hydrogen) atoms. The van der Waals surface area contributed by atoms with E-state index in [1.807, 2.05) is 24.3 Å². The highest BCUT2D eigenvalue weighted by Gasteiger charge is 2.21. The van der Waals surface area contributed by atoms with Gasteiger partial charge in [-0.25, -0.2) is 0 Å². The molecular formula is C58H37NO2. The third-order valence-electron chi connectivity index (χ3n) is 12.1. The highest BCUT2D eigenvalue weighted by atomic mass is 16.3. The van der Waals surface area contributed by atoms with Gasteiger partial charge in [-0.15, -0.1) is 0 Å². The second-order valence-corrected chi connectivity index (χ2v) is 15.6. The molecule has 10 aromatic carbocycles. The molecular weight excluding hydrogens is 743 g/mol. The molecule has 0 saturated carbocycles. The highest BCUT2D eigenvalue weighted by molar-refractivity contribution is 6.13. The Morgan fingerprint density at radius 1 is 0.279 bits per heavy atom. The average Bonchev–Trinajstić information content (AvgIpc) is 3.91. The topological polar surface area (TPSA) is 29.5 Å². The van der Waals surface area contributed by atoms with Crippen molar-refractivity contribution in [2.75, 3.05) is 4.90 Å². The Labute approximate surface area is 353 Å². The van der Waals surface area contributed by atoms with Gasteiger partial charge in [-0.1, -0.05) is 176 Å². The number of anilines is 3. The van der Waals surface area contributed by atoms with Crippen molar-refractivity contribution in [3.63, 3.8) is 0 Å². The molecule has 0 aliphatic heterocycles.